The summed E-state index contributed by atoms with van der Waals surface area (Å²) in [5.74, 6) is -0.0628. The molecule has 7 heteroatoms. The molecule has 1 aromatic rings. The fourth-order valence-electron chi connectivity index (χ4n) is 3.57. The zero-order valence-corrected chi connectivity index (χ0v) is 14.9. The number of nitrogens with zero attached hydrogens (tertiary/aromatic N) is 3. The van der Waals surface area contributed by atoms with Crippen LogP contribution in [0.2, 0.25) is 0 Å². The number of carbonyl (C=O) groups is 2. The van der Waals surface area contributed by atoms with Crippen molar-refractivity contribution in [3.63, 3.8) is 0 Å². The minimum Gasteiger partial charge on any atom is -0.350 e. The van der Waals surface area contributed by atoms with Crippen molar-refractivity contribution in [1.29, 1.82) is 0 Å². The number of aromatic nitrogens is 2. The van der Waals surface area contributed by atoms with Gasteiger partial charge in [0.25, 0.3) is 5.91 Å². The molecule has 2 fully saturated rings. The van der Waals surface area contributed by atoms with Crippen LogP contribution in [-0.4, -0.2) is 59.2 Å². The molecule has 1 atom stereocenters. The Labute approximate surface area is 149 Å². The Bertz CT molecular complexity index is 572. The topological polar surface area (TPSA) is 79.3 Å². The summed E-state index contributed by atoms with van der Waals surface area (Å²) in [5.41, 5.74) is 0.424. The summed E-state index contributed by atoms with van der Waals surface area (Å²) in [6.45, 7) is 4.02. The lowest BCUT2D eigenvalue weighted by Crippen LogP contribution is -2.35. The molecule has 1 unspecified atom stereocenters. The van der Waals surface area contributed by atoms with E-state index in [9.17, 15) is 9.59 Å². The van der Waals surface area contributed by atoms with E-state index in [1.54, 1.807) is 6.07 Å². The lowest BCUT2D eigenvalue weighted by atomic mass is 10.1. The van der Waals surface area contributed by atoms with Gasteiger partial charge in [0.15, 0.2) is 0 Å². The van der Waals surface area contributed by atoms with Gasteiger partial charge < -0.3 is 15.5 Å². The fourth-order valence-corrected chi connectivity index (χ4v) is 3.57. The first-order valence-corrected chi connectivity index (χ1v) is 9.56. The molecule has 0 radical (unpaired) electrons. The van der Waals surface area contributed by atoms with Crippen LogP contribution in [-0.2, 0) is 4.79 Å². The van der Waals surface area contributed by atoms with Gasteiger partial charge in [-0.1, -0.05) is 12.8 Å². The van der Waals surface area contributed by atoms with E-state index in [-0.39, 0.29) is 11.8 Å². The molecular weight excluding hydrogens is 318 g/mol. The Hall–Kier alpha value is -1.89. The highest BCUT2D eigenvalue weighted by Crippen LogP contribution is 2.15. The molecule has 2 amide bonds. The molecule has 1 aromatic heterocycles. The summed E-state index contributed by atoms with van der Waals surface area (Å²) >= 11 is 0. The summed E-state index contributed by atoms with van der Waals surface area (Å²) in [6, 6.07) is 2.07. The van der Waals surface area contributed by atoms with Crippen LogP contribution in [0, 0.1) is 0 Å². The van der Waals surface area contributed by atoms with E-state index < -0.39 is 0 Å². The first-order chi connectivity index (χ1) is 12.2. The Morgan fingerprint density at radius 3 is 2.72 bits per heavy atom. The number of amides is 2. The second-order valence-corrected chi connectivity index (χ2v) is 6.98. The van der Waals surface area contributed by atoms with Gasteiger partial charge in [-0.05, 0) is 38.3 Å². The molecule has 7 nitrogen and oxygen atoms in total. The number of piperidine rings is 1. The Morgan fingerprint density at radius 1 is 1.20 bits per heavy atom. The Balaban J connectivity index is 1.43. The van der Waals surface area contributed by atoms with Crippen molar-refractivity contribution in [3.8, 4) is 0 Å². The summed E-state index contributed by atoms with van der Waals surface area (Å²) in [5, 5.41) is 10.6. The van der Waals surface area contributed by atoms with Crippen LogP contribution in [0.5, 0.6) is 0 Å². The average molecular weight is 347 g/mol. The third-order valence-electron chi connectivity index (χ3n) is 5.07. The molecule has 2 N–H and O–H groups in total. The van der Waals surface area contributed by atoms with Crippen LogP contribution < -0.4 is 10.6 Å². The number of carbonyl (C=O) groups excluding carboxylic acids is 2. The molecule has 2 aliphatic heterocycles. The van der Waals surface area contributed by atoms with Crippen LogP contribution >= 0.6 is 0 Å². The number of rotatable bonds is 5. The van der Waals surface area contributed by atoms with Crippen molar-refractivity contribution in [2.24, 2.45) is 0 Å². The van der Waals surface area contributed by atoms with Crippen molar-refractivity contribution < 1.29 is 9.59 Å². The SMILES string of the molecule is O=C(NCCC(=O)N1CCCCCC1)c1ccn(C2CCCNC2)n1. The van der Waals surface area contributed by atoms with Gasteiger partial charge in [0.1, 0.15) is 5.69 Å². The van der Waals surface area contributed by atoms with Crippen LogP contribution in [0.15, 0.2) is 12.3 Å². The minimum absolute atomic E-state index is 0.140. The maximum absolute atomic E-state index is 12.2. The van der Waals surface area contributed by atoms with Gasteiger partial charge in [-0.2, -0.15) is 5.10 Å². The molecule has 0 spiro atoms. The van der Waals surface area contributed by atoms with E-state index in [0.717, 1.165) is 51.9 Å². The van der Waals surface area contributed by atoms with E-state index in [2.05, 4.69) is 15.7 Å². The molecule has 0 aliphatic carbocycles. The molecule has 0 bridgehead atoms. The van der Waals surface area contributed by atoms with Crippen LogP contribution in [0.25, 0.3) is 0 Å². The summed E-state index contributed by atoms with van der Waals surface area (Å²) < 4.78 is 1.88. The van der Waals surface area contributed by atoms with Crippen molar-refractivity contribution in [3.05, 3.63) is 18.0 Å². The lowest BCUT2D eigenvalue weighted by molar-refractivity contribution is -0.131. The number of nitrogens with one attached hydrogen (secondary N) is 2. The highest BCUT2D eigenvalue weighted by atomic mass is 16.2. The van der Waals surface area contributed by atoms with Gasteiger partial charge in [0.2, 0.25) is 5.91 Å². The third kappa shape index (κ3) is 5.04. The van der Waals surface area contributed by atoms with Crippen molar-refractivity contribution in [2.45, 2.75) is 51.0 Å². The maximum Gasteiger partial charge on any atom is 0.271 e. The van der Waals surface area contributed by atoms with E-state index >= 15 is 0 Å². The largest absolute Gasteiger partial charge is 0.350 e. The number of hydrogen-bond donors (Lipinski definition) is 2. The van der Waals surface area contributed by atoms with Crippen molar-refractivity contribution >= 4 is 11.8 Å². The maximum atomic E-state index is 12.2. The smallest absolute Gasteiger partial charge is 0.271 e. The van der Waals surface area contributed by atoms with Crippen molar-refractivity contribution in [1.82, 2.24) is 25.3 Å². The molecule has 3 rings (SSSR count). The zero-order valence-electron chi connectivity index (χ0n) is 14.9. The predicted molar refractivity (Wildman–Crippen MR) is 95.4 cm³/mol. The van der Waals surface area contributed by atoms with Gasteiger partial charge in [-0.3, -0.25) is 14.3 Å². The Kier molecular flexibility index (Phi) is 6.44. The van der Waals surface area contributed by atoms with E-state index in [1.165, 1.54) is 12.8 Å². The molecule has 25 heavy (non-hydrogen) atoms. The van der Waals surface area contributed by atoms with Gasteiger partial charge in [-0.25, -0.2) is 0 Å². The first kappa shape index (κ1) is 17.9. The third-order valence-corrected chi connectivity index (χ3v) is 5.07. The normalized spacial score (nSPS) is 21.6. The highest BCUT2D eigenvalue weighted by Gasteiger charge is 2.18. The van der Waals surface area contributed by atoms with Crippen LogP contribution in [0.4, 0.5) is 0 Å². The van der Waals surface area contributed by atoms with E-state index in [1.807, 2.05) is 15.8 Å². The zero-order chi connectivity index (χ0) is 17.5. The monoisotopic (exact) mass is 347 g/mol. The fraction of sp³-hybridized carbons (Fsp3) is 0.722. The lowest BCUT2D eigenvalue weighted by Gasteiger charge is -2.22. The number of likely N-dealkylation sites (tertiary alicyclic amines) is 1. The minimum atomic E-state index is -0.203. The number of hydrogen-bond acceptors (Lipinski definition) is 4. The van der Waals surface area contributed by atoms with Crippen LogP contribution in [0.1, 0.15) is 61.5 Å². The van der Waals surface area contributed by atoms with Crippen molar-refractivity contribution in [2.75, 3.05) is 32.7 Å². The van der Waals surface area contributed by atoms with E-state index in [4.69, 9.17) is 0 Å². The molecule has 3 heterocycles. The molecule has 2 aliphatic rings. The molecule has 138 valence electrons. The van der Waals surface area contributed by atoms with Crippen LogP contribution in [0.3, 0.4) is 0 Å². The van der Waals surface area contributed by atoms with Gasteiger partial charge in [0, 0.05) is 38.8 Å². The summed E-state index contributed by atoms with van der Waals surface area (Å²) in [4.78, 5) is 26.4. The standard InChI is InChI=1S/C18H29N5O2/c24-17(22-11-3-1-2-4-12-22)7-10-20-18(25)16-8-13-23(21-16)15-6-5-9-19-14-15/h8,13,15,19H,1-7,9-12,14H2,(H,20,25). The second-order valence-electron chi connectivity index (χ2n) is 6.98. The first-order valence-electron chi connectivity index (χ1n) is 9.56. The molecule has 0 aromatic carbocycles. The average Bonchev–Trinajstić information content (AvgIpc) is 2.98. The predicted octanol–water partition coefficient (Wildman–Crippen LogP) is 1.33. The molecule has 2 saturated heterocycles. The molecule has 0 saturated carbocycles. The van der Waals surface area contributed by atoms with Gasteiger partial charge >= 0.3 is 0 Å². The van der Waals surface area contributed by atoms with Gasteiger partial charge in [0.05, 0.1) is 6.04 Å². The van der Waals surface area contributed by atoms with Gasteiger partial charge in [-0.15, -0.1) is 0 Å². The summed E-state index contributed by atoms with van der Waals surface area (Å²) in [6.07, 6.45) is 9.04. The highest BCUT2D eigenvalue weighted by molar-refractivity contribution is 5.92. The second kappa shape index (κ2) is 8.99. The van der Waals surface area contributed by atoms with E-state index in [0.29, 0.717) is 24.7 Å². The molecular formula is C18H29N5O2. The Morgan fingerprint density at radius 2 is 2.00 bits per heavy atom. The quantitative estimate of drug-likeness (QED) is 0.842. The summed E-state index contributed by atoms with van der Waals surface area (Å²) in [7, 11) is 0.